The molecule has 0 aliphatic rings. The number of fused-ring (bicyclic) bond motifs is 1. The number of hydrogen-bond acceptors (Lipinski definition) is 2. The summed E-state index contributed by atoms with van der Waals surface area (Å²) in [6, 6.07) is 19.8. The van der Waals surface area contributed by atoms with Crippen molar-refractivity contribution in [3.05, 3.63) is 71.8 Å². The quantitative estimate of drug-likeness (QED) is 0.519. The number of thioether (sulfide) groups is 1. The summed E-state index contributed by atoms with van der Waals surface area (Å²) in [7, 11) is 0. The fourth-order valence-electron chi connectivity index (χ4n) is 2.17. The van der Waals surface area contributed by atoms with E-state index in [1.807, 2.05) is 54.8 Å². The van der Waals surface area contributed by atoms with Crippen LogP contribution in [-0.4, -0.2) is 11.4 Å². The predicted octanol–water partition coefficient (Wildman–Crippen LogP) is 4.67. The zero-order chi connectivity index (χ0) is 14.7. The number of rotatable bonds is 1. The lowest BCUT2D eigenvalue weighted by Gasteiger charge is -2.04. The molecule has 0 saturated carbocycles. The number of phenolic OH excluding ortho intramolecular Hbond substituents is 1. The molecule has 0 heterocycles. The van der Waals surface area contributed by atoms with Crippen molar-refractivity contribution in [1.82, 2.24) is 0 Å². The minimum Gasteiger partial charge on any atom is -0.507 e. The van der Waals surface area contributed by atoms with E-state index in [1.54, 1.807) is 17.8 Å². The molecule has 21 heavy (non-hydrogen) atoms. The first-order chi connectivity index (χ1) is 10.3. The minimum atomic E-state index is 0.332. The molecule has 3 aromatic carbocycles. The summed E-state index contributed by atoms with van der Waals surface area (Å²) in [5, 5.41) is 12.0. The highest BCUT2D eigenvalue weighted by molar-refractivity contribution is 7.98. The van der Waals surface area contributed by atoms with E-state index in [0.29, 0.717) is 5.75 Å². The Hall–Kier alpha value is -2.37. The van der Waals surface area contributed by atoms with E-state index in [4.69, 9.17) is 0 Å². The topological polar surface area (TPSA) is 20.2 Å². The number of benzene rings is 3. The molecule has 0 unspecified atom stereocenters. The SMILES string of the molecule is CSc1cc2cc(C#Cc3ccccc3)ccc2cc1O. The van der Waals surface area contributed by atoms with Gasteiger partial charge < -0.3 is 5.11 Å². The van der Waals surface area contributed by atoms with Crippen LogP contribution in [0.4, 0.5) is 0 Å². The molecule has 0 fully saturated rings. The highest BCUT2D eigenvalue weighted by Gasteiger charge is 2.03. The van der Waals surface area contributed by atoms with E-state index >= 15 is 0 Å². The molecule has 0 aromatic heterocycles. The smallest absolute Gasteiger partial charge is 0.129 e. The molecule has 0 radical (unpaired) electrons. The Morgan fingerprint density at radius 3 is 2.33 bits per heavy atom. The zero-order valence-electron chi connectivity index (χ0n) is 11.6. The molecular formula is C19H14OS. The molecule has 1 N–H and O–H groups in total. The summed E-state index contributed by atoms with van der Waals surface area (Å²) >= 11 is 1.54. The van der Waals surface area contributed by atoms with Crippen molar-refractivity contribution in [3.63, 3.8) is 0 Å². The molecule has 0 saturated heterocycles. The van der Waals surface area contributed by atoms with Crippen LogP contribution in [0.2, 0.25) is 0 Å². The first kappa shape index (κ1) is 13.6. The van der Waals surface area contributed by atoms with E-state index in [-0.39, 0.29) is 0 Å². The first-order valence-corrected chi connectivity index (χ1v) is 7.86. The Kier molecular flexibility index (Phi) is 3.85. The van der Waals surface area contributed by atoms with Crippen molar-refractivity contribution >= 4 is 22.5 Å². The van der Waals surface area contributed by atoms with E-state index in [1.165, 1.54) is 0 Å². The van der Waals surface area contributed by atoms with Gasteiger partial charge in [0, 0.05) is 16.0 Å². The maximum absolute atomic E-state index is 9.88. The van der Waals surface area contributed by atoms with Gasteiger partial charge in [-0.1, -0.05) is 36.1 Å². The standard InChI is InChI=1S/C19H14OS/c1-21-19-13-17-11-15(9-10-16(17)12-18(19)20)8-7-14-5-3-2-4-6-14/h2-6,9-13,20H,1H3. The van der Waals surface area contributed by atoms with Crippen molar-refractivity contribution < 1.29 is 5.11 Å². The molecule has 3 aromatic rings. The summed E-state index contributed by atoms with van der Waals surface area (Å²) in [5.74, 6) is 6.68. The maximum atomic E-state index is 9.88. The van der Waals surface area contributed by atoms with Gasteiger partial charge in [0.15, 0.2) is 0 Å². The van der Waals surface area contributed by atoms with Crippen molar-refractivity contribution in [2.45, 2.75) is 4.90 Å². The maximum Gasteiger partial charge on any atom is 0.129 e. The van der Waals surface area contributed by atoms with Gasteiger partial charge in [-0.25, -0.2) is 0 Å². The van der Waals surface area contributed by atoms with Crippen LogP contribution in [0.5, 0.6) is 5.75 Å². The molecule has 0 atom stereocenters. The molecule has 102 valence electrons. The van der Waals surface area contributed by atoms with Crippen LogP contribution in [0.15, 0.2) is 65.6 Å². The van der Waals surface area contributed by atoms with E-state index in [9.17, 15) is 5.11 Å². The first-order valence-electron chi connectivity index (χ1n) is 6.64. The Morgan fingerprint density at radius 1 is 0.810 bits per heavy atom. The minimum absolute atomic E-state index is 0.332. The molecule has 2 heteroatoms. The van der Waals surface area contributed by atoms with Gasteiger partial charge in [0.2, 0.25) is 0 Å². The lowest BCUT2D eigenvalue weighted by Crippen LogP contribution is -1.80. The largest absolute Gasteiger partial charge is 0.507 e. The van der Waals surface area contributed by atoms with Gasteiger partial charge in [0.05, 0.1) is 0 Å². The number of phenols is 1. The van der Waals surface area contributed by atoms with Gasteiger partial charge in [-0.05, 0) is 53.4 Å². The van der Waals surface area contributed by atoms with Gasteiger partial charge >= 0.3 is 0 Å². The second-order valence-electron chi connectivity index (χ2n) is 4.70. The monoisotopic (exact) mass is 290 g/mol. The van der Waals surface area contributed by atoms with Gasteiger partial charge in [-0.3, -0.25) is 0 Å². The Balaban J connectivity index is 2.01. The molecule has 0 amide bonds. The second-order valence-corrected chi connectivity index (χ2v) is 5.55. The Labute approximate surface area is 128 Å². The number of hydrogen-bond donors (Lipinski definition) is 1. The van der Waals surface area contributed by atoms with Crippen LogP contribution in [0, 0.1) is 11.8 Å². The molecule has 0 aliphatic heterocycles. The Morgan fingerprint density at radius 2 is 1.57 bits per heavy atom. The molecule has 0 aliphatic carbocycles. The normalized spacial score (nSPS) is 10.1. The molecule has 0 spiro atoms. The van der Waals surface area contributed by atoms with Crippen LogP contribution < -0.4 is 0 Å². The summed E-state index contributed by atoms with van der Waals surface area (Å²) in [6.45, 7) is 0. The Bertz CT molecular complexity index is 842. The fraction of sp³-hybridized carbons (Fsp3) is 0.0526. The molecular weight excluding hydrogens is 276 g/mol. The van der Waals surface area contributed by atoms with Crippen LogP contribution >= 0.6 is 11.8 Å². The van der Waals surface area contributed by atoms with Crippen LogP contribution in [0.25, 0.3) is 10.8 Å². The molecule has 1 nitrogen and oxygen atoms in total. The van der Waals surface area contributed by atoms with Gasteiger partial charge in [-0.15, -0.1) is 11.8 Å². The third-order valence-electron chi connectivity index (χ3n) is 3.26. The zero-order valence-corrected chi connectivity index (χ0v) is 12.4. The van der Waals surface area contributed by atoms with Crippen molar-refractivity contribution in [3.8, 4) is 17.6 Å². The summed E-state index contributed by atoms with van der Waals surface area (Å²) < 4.78 is 0. The predicted molar refractivity (Wildman–Crippen MR) is 89.8 cm³/mol. The van der Waals surface area contributed by atoms with Crippen LogP contribution in [0.1, 0.15) is 11.1 Å². The lowest BCUT2D eigenvalue weighted by atomic mass is 10.1. The number of aromatic hydroxyl groups is 1. The van der Waals surface area contributed by atoms with Crippen molar-refractivity contribution in [1.29, 1.82) is 0 Å². The van der Waals surface area contributed by atoms with Gasteiger partial charge in [0.25, 0.3) is 0 Å². The highest BCUT2D eigenvalue weighted by atomic mass is 32.2. The van der Waals surface area contributed by atoms with Gasteiger partial charge in [-0.2, -0.15) is 0 Å². The van der Waals surface area contributed by atoms with Crippen LogP contribution in [-0.2, 0) is 0 Å². The van der Waals surface area contributed by atoms with Crippen molar-refractivity contribution in [2.75, 3.05) is 6.26 Å². The van der Waals surface area contributed by atoms with E-state index in [2.05, 4.69) is 17.9 Å². The average Bonchev–Trinajstić information content (AvgIpc) is 2.53. The second kappa shape index (κ2) is 5.95. The van der Waals surface area contributed by atoms with E-state index in [0.717, 1.165) is 26.8 Å². The lowest BCUT2D eigenvalue weighted by molar-refractivity contribution is 0.463. The third kappa shape index (κ3) is 3.04. The molecule has 0 bridgehead atoms. The average molecular weight is 290 g/mol. The van der Waals surface area contributed by atoms with Crippen LogP contribution in [0.3, 0.4) is 0 Å². The third-order valence-corrected chi connectivity index (χ3v) is 4.03. The highest BCUT2D eigenvalue weighted by Crippen LogP contribution is 2.31. The summed E-state index contributed by atoms with van der Waals surface area (Å²) in [6.07, 6.45) is 1.96. The fourth-order valence-corrected chi connectivity index (χ4v) is 2.68. The van der Waals surface area contributed by atoms with Crippen molar-refractivity contribution in [2.24, 2.45) is 0 Å². The summed E-state index contributed by atoms with van der Waals surface area (Å²) in [5.41, 5.74) is 1.98. The van der Waals surface area contributed by atoms with E-state index < -0.39 is 0 Å². The van der Waals surface area contributed by atoms with Gasteiger partial charge in [0.1, 0.15) is 5.75 Å². The summed E-state index contributed by atoms with van der Waals surface area (Å²) in [4.78, 5) is 0.885. The molecule has 3 rings (SSSR count).